The van der Waals surface area contributed by atoms with E-state index in [1.54, 1.807) is 19.3 Å². The Hall–Kier alpha value is -1.80. The van der Waals surface area contributed by atoms with Crippen molar-refractivity contribution in [1.29, 1.82) is 0 Å². The van der Waals surface area contributed by atoms with Crippen molar-refractivity contribution >= 4 is 15.8 Å². The number of nitrogens with two attached hydrogens (primary N) is 1. The molecule has 0 amide bonds. The molecule has 0 aliphatic carbocycles. The van der Waals surface area contributed by atoms with Crippen LogP contribution in [0.4, 0.5) is 5.82 Å². The number of hydrogen-bond donors (Lipinski definition) is 2. The molecule has 2 rings (SSSR count). The molecule has 0 bridgehead atoms. The van der Waals surface area contributed by atoms with Crippen molar-refractivity contribution in [3.8, 4) is 0 Å². The summed E-state index contributed by atoms with van der Waals surface area (Å²) < 4.78 is 32.5. The molecule has 3 N–H and O–H groups in total. The van der Waals surface area contributed by atoms with E-state index in [4.69, 9.17) is 10.2 Å². The first kappa shape index (κ1) is 11.7. The maximum absolute atomic E-state index is 11.8. The van der Waals surface area contributed by atoms with Gasteiger partial charge in [0.1, 0.15) is 5.76 Å². The van der Waals surface area contributed by atoms with Crippen LogP contribution in [0.2, 0.25) is 0 Å². The summed E-state index contributed by atoms with van der Waals surface area (Å²) in [5, 5.41) is 3.73. The van der Waals surface area contributed by atoms with E-state index in [0.717, 1.165) is 0 Å². The molecule has 2 aromatic heterocycles. The zero-order chi connectivity index (χ0) is 12.5. The van der Waals surface area contributed by atoms with Gasteiger partial charge in [-0.15, -0.1) is 0 Å². The van der Waals surface area contributed by atoms with Gasteiger partial charge < -0.3 is 10.2 Å². The molecule has 0 spiro atoms. The number of sulfonamides is 1. The number of rotatable bonds is 4. The van der Waals surface area contributed by atoms with Crippen molar-refractivity contribution in [3.05, 3.63) is 30.2 Å². The van der Waals surface area contributed by atoms with Crippen molar-refractivity contribution in [2.24, 2.45) is 12.8 Å². The smallest absolute Gasteiger partial charge is 0.296 e. The zero-order valence-electron chi connectivity index (χ0n) is 9.12. The number of hydrogen-bond acceptors (Lipinski definition) is 5. The fourth-order valence-electron chi connectivity index (χ4n) is 1.27. The largest absolute Gasteiger partial charge is 0.446 e. The average Bonchev–Trinajstić information content (AvgIpc) is 2.86. The Morgan fingerprint density at radius 3 is 2.76 bits per heavy atom. The molecule has 0 radical (unpaired) electrons. The van der Waals surface area contributed by atoms with Gasteiger partial charge in [-0.25, -0.2) is 0 Å². The van der Waals surface area contributed by atoms with Crippen LogP contribution in [0.25, 0.3) is 0 Å². The molecule has 17 heavy (non-hydrogen) atoms. The van der Waals surface area contributed by atoms with Crippen molar-refractivity contribution < 1.29 is 12.8 Å². The molecule has 0 fully saturated rings. The number of nitrogens with zero attached hydrogens (tertiary/aromatic N) is 2. The highest BCUT2D eigenvalue weighted by atomic mass is 32.2. The Morgan fingerprint density at radius 2 is 2.24 bits per heavy atom. The third kappa shape index (κ3) is 2.48. The Labute approximate surface area is 98.3 Å². The first-order valence-electron chi connectivity index (χ1n) is 4.82. The lowest BCUT2D eigenvalue weighted by Gasteiger charge is -2.01. The molecule has 2 heterocycles. The van der Waals surface area contributed by atoms with Gasteiger partial charge >= 0.3 is 0 Å². The summed E-state index contributed by atoms with van der Waals surface area (Å²) in [6.45, 7) is 0.152. The number of furan rings is 1. The van der Waals surface area contributed by atoms with Gasteiger partial charge in [0.05, 0.1) is 6.54 Å². The summed E-state index contributed by atoms with van der Waals surface area (Å²) in [4.78, 5) is 0. The highest BCUT2D eigenvalue weighted by Crippen LogP contribution is 2.16. The predicted octanol–water partition coefficient (Wildman–Crippen LogP) is 0.273. The molecular formula is C9H12N4O3S. The van der Waals surface area contributed by atoms with Crippen LogP contribution in [-0.2, 0) is 23.6 Å². The van der Waals surface area contributed by atoms with Gasteiger partial charge in [0.25, 0.3) is 10.0 Å². The summed E-state index contributed by atoms with van der Waals surface area (Å²) in [5.41, 5.74) is 5.34. The summed E-state index contributed by atoms with van der Waals surface area (Å²) in [6, 6.07) is 4.42. The van der Waals surface area contributed by atoms with E-state index in [1.807, 2.05) is 0 Å². The van der Waals surface area contributed by atoms with Crippen LogP contribution < -0.4 is 10.5 Å². The zero-order valence-corrected chi connectivity index (χ0v) is 9.94. The predicted molar refractivity (Wildman–Crippen MR) is 60.6 cm³/mol. The highest BCUT2D eigenvalue weighted by molar-refractivity contribution is 7.92. The van der Waals surface area contributed by atoms with E-state index in [-0.39, 0.29) is 17.5 Å². The number of anilines is 1. The van der Waals surface area contributed by atoms with Gasteiger partial charge in [0.15, 0.2) is 5.82 Å². The fraction of sp³-hybridized carbons (Fsp3) is 0.222. The third-order valence-electron chi connectivity index (χ3n) is 2.06. The van der Waals surface area contributed by atoms with E-state index in [9.17, 15) is 8.42 Å². The van der Waals surface area contributed by atoms with Gasteiger partial charge in [0.2, 0.25) is 5.09 Å². The number of aromatic nitrogens is 2. The molecular weight excluding hydrogens is 244 g/mol. The van der Waals surface area contributed by atoms with Gasteiger partial charge in [-0.2, -0.15) is 13.5 Å². The standard InChI is InChI=1S/C9H12N4O3S/c1-13-5-4-8(11-13)12-17(14,15)9-3-2-7(6-10)16-9/h2-5H,6,10H2,1H3,(H,11,12). The fourth-order valence-corrected chi connectivity index (χ4v) is 2.22. The van der Waals surface area contributed by atoms with Crippen LogP contribution in [0.15, 0.2) is 33.9 Å². The molecule has 0 saturated heterocycles. The quantitative estimate of drug-likeness (QED) is 0.817. The van der Waals surface area contributed by atoms with Crippen molar-refractivity contribution in [1.82, 2.24) is 9.78 Å². The maximum Gasteiger partial charge on any atom is 0.296 e. The molecule has 0 aromatic carbocycles. The first-order valence-corrected chi connectivity index (χ1v) is 6.31. The normalized spacial score (nSPS) is 11.6. The van der Waals surface area contributed by atoms with Crippen LogP contribution in [0.1, 0.15) is 5.76 Å². The Bertz CT molecular complexity index is 614. The van der Waals surface area contributed by atoms with Crippen molar-refractivity contribution in [2.45, 2.75) is 11.6 Å². The molecule has 0 atom stereocenters. The molecule has 7 nitrogen and oxygen atoms in total. The van der Waals surface area contributed by atoms with Crippen LogP contribution in [0.3, 0.4) is 0 Å². The number of aryl methyl sites for hydroxylation is 1. The minimum absolute atomic E-state index is 0.152. The van der Waals surface area contributed by atoms with Crippen LogP contribution in [0, 0.1) is 0 Å². The monoisotopic (exact) mass is 256 g/mol. The minimum Gasteiger partial charge on any atom is -0.446 e. The summed E-state index contributed by atoms with van der Waals surface area (Å²) >= 11 is 0. The lowest BCUT2D eigenvalue weighted by atomic mass is 10.5. The third-order valence-corrected chi connectivity index (χ3v) is 3.28. The molecule has 2 aromatic rings. The van der Waals surface area contributed by atoms with Crippen LogP contribution in [0.5, 0.6) is 0 Å². The molecule has 0 saturated carbocycles. The molecule has 8 heteroatoms. The second-order valence-electron chi connectivity index (χ2n) is 3.41. The minimum atomic E-state index is -3.74. The first-order chi connectivity index (χ1) is 8.01. The highest BCUT2D eigenvalue weighted by Gasteiger charge is 2.19. The SMILES string of the molecule is Cn1ccc(NS(=O)(=O)c2ccc(CN)o2)n1. The Kier molecular flexibility index (Phi) is 2.90. The van der Waals surface area contributed by atoms with E-state index >= 15 is 0 Å². The van der Waals surface area contributed by atoms with Gasteiger partial charge in [-0.05, 0) is 12.1 Å². The Balaban J connectivity index is 2.24. The number of nitrogens with one attached hydrogen (secondary N) is 1. The van der Waals surface area contributed by atoms with E-state index in [1.165, 1.54) is 16.8 Å². The van der Waals surface area contributed by atoms with Crippen LogP contribution in [-0.4, -0.2) is 18.2 Å². The second-order valence-corrected chi connectivity index (χ2v) is 5.02. The summed E-state index contributed by atoms with van der Waals surface area (Å²) in [5.74, 6) is 0.643. The molecule has 0 aliphatic rings. The lowest BCUT2D eigenvalue weighted by Crippen LogP contribution is -2.12. The lowest BCUT2D eigenvalue weighted by molar-refractivity contribution is 0.417. The van der Waals surface area contributed by atoms with Gasteiger partial charge in [-0.3, -0.25) is 9.40 Å². The molecule has 0 aliphatic heterocycles. The summed E-state index contributed by atoms with van der Waals surface area (Å²) in [7, 11) is -2.05. The molecule has 0 unspecified atom stereocenters. The van der Waals surface area contributed by atoms with Crippen molar-refractivity contribution in [3.63, 3.8) is 0 Å². The van der Waals surface area contributed by atoms with E-state index < -0.39 is 10.0 Å². The van der Waals surface area contributed by atoms with Crippen molar-refractivity contribution in [2.75, 3.05) is 4.72 Å². The second kappa shape index (κ2) is 4.22. The van der Waals surface area contributed by atoms with Gasteiger partial charge in [-0.1, -0.05) is 0 Å². The summed E-state index contributed by atoms with van der Waals surface area (Å²) in [6.07, 6.45) is 1.63. The molecule has 92 valence electrons. The van der Waals surface area contributed by atoms with E-state index in [0.29, 0.717) is 5.76 Å². The van der Waals surface area contributed by atoms with Gasteiger partial charge in [0, 0.05) is 19.3 Å². The topological polar surface area (TPSA) is 103 Å². The van der Waals surface area contributed by atoms with Crippen LogP contribution >= 0.6 is 0 Å². The Morgan fingerprint density at radius 1 is 1.47 bits per heavy atom. The average molecular weight is 256 g/mol. The maximum atomic E-state index is 11.8. The van der Waals surface area contributed by atoms with E-state index in [2.05, 4.69) is 9.82 Å².